The first-order valence-corrected chi connectivity index (χ1v) is 12.3. The predicted octanol–water partition coefficient (Wildman–Crippen LogP) is 3.56. The number of amides is 1. The summed E-state index contributed by atoms with van der Waals surface area (Å²) in [5.74, 6) is -2.66. The second-order valence-corrected chi connectivity index (χ2v) is 9.66. The molecule has 11 heteroatoms. The highest BCUT2D eigenvalue weighted by atomic mass is 32.2. The maximum atomic E-state index is 13.4. The van der Waals surface area contributed by atoms with Crippen molar-refractivity contribution in [3.05, 3.63) is 82.6 Å². The van der Waals surface area contributed by atoms with Crippen LogP contribution in [0.25, 0.3) is 0 Å². The molecule has 2 aliphatic heterocycles. The van der Waals surface area contributed by atoms with Gasteiger partial charge in [-0.15, -0.1) is 0 Å². The Hall–Kier alpha value is -3.57. The fourth-order valence-corrected chi connectivity index (χ4v) is 5.20. The molecule has 4 rings (SSSR count). The standard InChI is InChI=1S/C25H22FN3O5S2/c1-2-34-24(33)20(12-15-6-4-3-5-7-15)29-22(30)21(36-25(29)35)14-28-19(23(31)32)13-18(27-28)16-8-10-17(26)11-9-16/h3-11,14,19-20H,2,12-13H2,1H3,(H,31,32)/b21-14-. The predicted molar refractivity (Wildman–Crippen MR) is 137 cm³/mol. The molecule has 1 saturated heterocycles. The minimum absolute atomic E-state index is 0.0667. The van der Waals surface area contributed by atoms with Crippen LogP contribution in [0.5, 0.6) is 0 Å². The van der Waals surface area contributed by atoms with Crippen molar-refractivity contribution in [2.24, 2.45) is 5.10 Å². The summed E-state index contributed by atoms with van der Waals surface area (Å²) in [5, 5.41) is 15.3. The van der Waals surface area contributed by atoms with Crippen molar-refractivity contribution in [2.75, 3.05) is 6.61 Å². The third kappa shape index (κ3) is 5.47. The lowest BCUT2D eigenvalue weighted by Crippen LogP contribution is -2.46. The molecule has 1 N–H and O–H groups in total. The lowest BCUT2D eigenvalue weighted by atomic mass is 10.0. The van der Waals surface area contributed by atoms with Crippen LogP contribution >= 0.6 is 24.0 Å². The molecule has 2 unspecified atom stereocenters. The van der Waals surface area contributed by atoms with Gasteiger partial charge in [0.25, 0.3) is 5.91 Å². The van der Waals surface area contributed by atoms with Gasteiger partial charge < -0.3 is 9.84 Å². The monoisotopic (exact) mass is 527 g/mol. The number of halogens is 1. The number of thioether (sulfide) groups is 1. The van der Waals surface area contributed by atoms with E-state index in [1.54, 1.807) is 6.92 Å². The molecule has 1 fully saturated rings. The smallest absolute Gasteiger partial charge is 0.329 e. The van der Waals surface area contributed by atoms with Crippen LogP contribution in [0.2, 0.25) is 0 Å². The zero-order valence-corrected chi connectivity index (χ0v) is 20.8. The molecule has 0 saturated carbocycles. The number of hydrazone groups is 1. The molecule has 36 heavy (non-hydrogen) atoms. The number of rotatable bonds is 8. The number of hydrogen-bond acceptors (Lipinski definition) is 8. The number of carboxylic acids is 1. The van der Waals surface area contributed by atoms with Crippen molar-refractivity contribution in [1.82, 2.24) is 9.91 Å². The second-order valence-electron chi connectivity index (χ2n) is 7.99. The normalized spacial score (nSPS) is 19.6. The zero-order valence-electron chi connectivity index (χ0n) is 19.2. The van der Waals surface area contributed by atoms with Crippen LogP contribution in [-0.4, -0.2) is 61.6 Å². The highest BCUT2D eigenvalue weighted by Gasteiger charge is 2.42. The Bertz CT molecular complexity index is 1250. The third-order valence-corrected chi connectivity index (χ3v) is 6.94. The fraction of sp³-hybridized carbons (Fsp3) is 0.240. The topological polar surface area (TPSA) is 99.5 Å². The van der Waals surface area contributed by atoms with Gasteiger partial charge in [0, 0.05) is 19.0 Å². The van der Waals surface area contributed by atoms with Gasteiger partial charge in [0.05, 0.1) is 17.2 Å². The summed E-state index contributed by atoms with van der Waals surface area (Å²) in [5.41, 5.74) is 1.85. The highest BCUT2D eigenvalue weighted by Crippen LogP contribution is 2.35. The molecule has 0 aliphatic carbocycles. The molecule has 8 nitrogen and oxygen atoms in total. The lowest BCUT2D eigenvalue weighted by molar-refractivity contribution is -0.150. The van der Waals surface area contributed by atoms with Gasteiger partial charge in [-0.25, -0.2) is 14.0 Å². The number of ether oxygens (including phenoxy) is 1. The number of hydrogen-bond donors (Lipinski definition) is 1. The van der Waals surface area contributed by atoms with Crippen molar-refractivity contribution in [3.63, 3.8) is 0 Å². The largest absolute Gasteiger partial charge is 0.480 e. The molecule has 2 atom stereocenters. The number of esters is 1. The number of carbonyl (C=O) groups excluding carboxylic acids is 2. The van der Waals surface area contributed by atoms with Gasteiger partial charge >= 0.3 is 11.9 Å². The highest BCUT2D eigenvalue weighted by molar-refractivity contribution is 8.26. The van der Waals surface area contributed by atoms with E-state index >= 15 is 0 Å². The second kappa shape index (κ2) is 11.0. The Labute approximate surface area is 216 Å². The van der Waals surface area contributed by atoms with Crippen molar-refractivity contribution < 1.29 is 28.6 Å². The Morgan fingerprint density at radius 1 is 1.25 bits per heavy atom. The SMILES string of the molecule is CCOC(=O)C(Cc1ccccc1)N1C(=O)/C(=C/N2N=C(c3ccc(F)cc3)CC2C(=O)O)SC1=S. The maximum absolute atomic E-state index is 13.4. The van der Waals surface area contributed by atoms with Crippen LogP contribution in [0, 0.1) is 5.82 Å². The first kappa shape index (κ1) is 25.5. The van der Waals surface area contributed by atoms with Crippen molar-refractivity contribution in [2.45, 2.75) is 31.8 Å². The van der Waals surface area contributed by atoms with E-state index in [0.717, 1.165) is 17.3 Å². The van der Waals surface area contributed by atoms with E-state index in [0.29, 0.717) is 11.3 Å². The first-order valence-electron chi connectivity index (χ1n) is 11.1. The molecule has 2 aliphatic rings. The average molecular weight is 528 g/mol. The summed E-state index contributed by atoms with van der Waals surface area (Å²) in [6, 6.07) is 12.7. The molecular weight excluding hydrogens is 505 g/mol. The molecule has 1 amide bonds. The summed E-state index contributed by atoms with van der Waals surface area (Å²) >= 11 is 6.40. The van der Waals surface area contributed by atoms with E-state index in [1.165, 1.54) is 40.4 Å². The maximum Gasteiger partial charge on any atom is 0.329 e. The summed E-state index contributed by atoms with van der Waals surface area (Å²) < 4.78 is 18.7. The van der Waals surface area contributed by atoms with Gasteiger partial charge in [0.15, 0.2) is 6.04 Å². The van der Waals surface area contributed by atoms with E-state index in [-0.39, 0.29) is 28.7 Å². The van der Waals surface area contributed by atoms with Crippen molar-refractivity contribution in [3.8, 4) is 0 Å². The molecule has 2 heterocycles. The minimum Gasteiger partial charge on any atom is -0.480 e. The Balaban J connectivity index is 1.62. The number of benzene rings is 2. The van der Waals surface area contributed by atoms with Crippen LogP contribution in [-0.2, 0) is 25.5 Å². The molecule has 0 spiro atoms. The number of nitrogens with zero attached hydrogens (tertiary/aromatic N) is 3. The zero-order chi connectivity index (χ0) is 25.8. The van der Waals surface area contributed by atoms with E-state index in [9.17, 15) is 23.9 Å². The summed E-state index contributed by atoms with van der Waals surface area (Å²) in [4.78, 5) is 39.4. The van der Waals surface area contributed by atoms with Crippen LogP contribution < -0.4 is 0 Å². The van der Waals surface area contributed by atoms with Crippen LogP contribution in [0.4, 0.5) is 4.39 Å². The molecule has 0 radical (unpaired) electrons. The number of carboxylic acid groups (broad SMARTS) is 1. The van der Waals surface area contributed by atoms with E-state index in [4.69, 9.17) is 17.0 Å². The summed E-state index contributed by atoms with van der Waals surface area (Å²) in [7, 11) is 0. The molecule has 2 aromatic rings. The van der Waals surface area contributed by atoms with Gasteiger partial charge in [-0.3, -0.25) is 14.7 Å². The van der Waals surface area contributed by atoms with E-state index < -0.39 is 35.7 Å². The van der Waals surface area contributed by atoms with Crippen LogP contribution in [0.15, 0.2) is 70.8 Å². The first-order chi connectivity index (χ1) is 17.3. The number of thiocarbonyl (C=S) groups is 1. The van der Waals surface area contributed by atoms with Crippen molar-refractivity contribution >= 4 is 51.9 Å². The average Bonchev–Trinajstić information content (AvgIpc) is 3.40. The quantitative estimate of drug-likeness (QED) is 0.316. The van der Waals surface area contributed by atoms with E-state index in [1.807, 2.05) is 30.3 Å². The Kier molecular flexibility index (Phi) is 7.80. The van der Waals surface area contributed by atoms with Gasteiger partial charge in [0.2, 0.25) is 0 Å². The molecule has 186 valence electrons. The number of aliphatic carboxylic acids is 1. The van der Waals surface area contributed by atoms with Gasteiger partial charge in [-0.1, -0.05) is 66.4 Å². The lowest BCUT2D eigenvalue weighted by Gasteiger charge is -2.25. The summed E-state index contributed by atoms with van der Waals surface area (Å²) in [6.45, 7) is 1.82. The Morgan fingerprint density at radius 3 is 2.58 bits per heavy atom. The molecular formula is C25H22FN3O5S2. The minimum atomic E-state index is -1.13. The third-order valence-electron chi connectivity index (χ3n) is 5.62. The Morgan fingerprint density at radius 2 is 1.94 bits per heavy atom. The summed E-state index contributed by atoms with van der Waals surface area (Å²) in [6.07, 6.45) is 1.60. The molecule has 0 bridgehead atoms. The van der Waals surface area contributed by atoms with Crippen LogP contribution in [0.3, 0.4) is 0 Å². The van der Waals surface area contributed by atoms with Crippen LogP contribution in [0.1, 0.15) is 24.5 Å². The van der Waals surface area contributed by atoms with Gasteiger partial charge in [0.1, 0.15) is 16.2 Å². The molecule has 0 aromatic heterocycles. The molecule has 2 aromatic carbocycles. The van der Waals surface area contributed by atoms with Crippen molar-refractivity contribution in [1.29, 1.82) is 0 Å². The van der Waals surface area contributed by atoms with Gasteiger partial charge in [-0.2, -0.15) is 5.10 Å². The van der Waals surface area contributed by atoms with Gasteiger partial charge in [-0.05, 0) is 30.2 Å². The fourth-order valence-electron chi connectivity index (χ4n) is 3.88. The number of carbonyl (C=O) groups is 3. The van der Waals surface area contributed by atoms with E-state index in [2.05, 4.69) is 5.10 Å².